The van der Waals surface area contributed by atoms with Crippen molar-refractivity contribution < 1.29 is 0 Å². The van der Waals surface area contributed by atoms with E-state index in [1.165, 1.54) is 0 Å². The zero-order valence-corrected chi connectivity index (χ0v) is 10.4. The molecule has 2 aromatic rings. The lowest BCUT2D eigenvalue weighted by Crippen LogP contribution is -2.16. The number of nitrogens with zero attached hydrogens (tertiary/aromatic N) is 2. The molecule has 0 fully saturated rings. The lowest BCUT2D eigenvalue weighted by atomic mass is 10.2. The quantitative estimate of drug-likeness (QED) is 0.907. The van der Waals surface area contributed by atoms with E-state index in [0.29, 0.717) is 5.82 Å². The Kier molecular flexibility index (Phi) is 3.49. The van der Waals surface area contributed by atoms with Crippen LogP contribution in [0.5, 0.6) is 0 Å². The first kappa shape index (κ1) is 11.7. The molecule has 88 valence electrons. The van der Waals surface area contributed by atoms with Crippen LogP contribution >= 0.6 is 11.6 Å². The summed E-state index contributed by atoms with van der Waals surface area (Å²) in [4.78, 5) is 6.07. The molecular weight excluding hydrogens is 234 g/mol. The van der Waals surface area contributed by atoms with Gasteiger partial charge in [-0.3, -0.25) is 0 Å². The molecule has 0 spiro atoms. The van der Waals surface area contributed by atoms with Crippen molar-refractivity contribution in [2.24, 2.45) is 0 Å². The fraction of sp³-hybridized carbons (Fsp3) is 0.154. The van der Waals surface area contributed by atoms with Gasteiger partial charge in [-0.15, -0.1) is 0 Å². The number of pyridine rings is 1. The molecule has 0 radical (unpaired) electrons. The van der Waals surface area contributed by atoms with Crippen LogP contribution in [-0.4, -0.2) is 12.0 Å². The summed E-state index contributed by atoms with van der Waals surface area (Å²) in [6, 6.07) is 11.6. The van der Waals surface area contributed by atoms with E-state index in [1.807, 2.05) is 43.4 Å². The summed E-state index contributed by atoms with van der Waals surface area (Å²) in [5.74, 6) is 0.528. The Labute approximate surface area is 106 Å². The van der Waals surface area contributed by atoms with Crippen molar-refractivity contribution in [3.8, 4) is 0 Å². The number of hydrogen-bond donors (Lipinski definition) is 1. The molecule has 0 aliphatic heterocycles. The van der Waals surface area contributed by atoms with Gasteiger partial charge in [-0.05, 0) is 23.8 Å². The van der Waals surface area contributed by atoms with Gasteiger partial charge in [-0.25, -0.2) is 4.98 Å². The Bertz CT molecular complexity index is 514. The molecule has 1 aromatic heterocycles. The van der Waals surface area contributed by atoms with E-state index >= 15 is 0 Å². The van der Waals surface area contributed by atoms with Crippen molar-refractivity contribution in [3.05, 3.63) is 53.2 Å². The number of nitrogens with two attached hydrogens (primary N) is 1. The summed E-state index contributed by atoms with van der Waals surface area (Å²) in [7, 11) is 2.01. The van der Waals surface area contributed by atoms with Gasteiger partial charge in [0.15, 0.2) is 0 Å². The summed E-state index contributed by atoms with van der Waals surface area (Å²) in [6.07, 6.45) is 1.71. The van der Waals surface area contributed by atoms with Crippen LogP contribution in [0, 0.1) is 0 Å². The molecule has 4 heteroatoms. The molecular formula is C13H14ClN3. The third-order valence-corrected chi connectivity index (χ3v) is 2.75. The van der Waals surface area contributed by atoms with Crippen LogP contribution < -0.4 is 10.6 Å². The maximum Gasteiger partial charge on any atom is 0.125 e. The number of aromatic nitrogens is 1. The lowest BCUT2D eigenvalue weighted by molar-refractivity contribution is 0.921. The maximum atomic E-state index is 5.95. The van der Waals surface area contributed by atoms with Gasteiger partial charge in [0.2, 0.25) is 0 Å². The molecule has 1 aromatic carbocycles. The highest BCUT2D eigenvalue weighted by molar-refractivity contribution is 6.30. The molecule has 3 nitrogen and oxygen atoms in total. The molecule has 0 aliphatic rings. The number of anilines is 2. The van der Waals surface area contributed by atoms with E-state index in [0.717, 1.165) is 22.8 Å². The minimum Gasteiger partial charge on any atom is -0.384 e. The summed E-state index contributed by atoms with van der Waals surface area (Å²) in [5, 5.41) is 0.755. The van der Waals surface area contributed by atoms with Crippen LogP contribution in [0.2, 0.25) is 5.02 Å². The Morgan fingerprint density at radius 2 is 2.12 bits per heavy atom. The smallest absolute Gasteiger partial charge is 0.125 e. The zero-order valence-electron chi connectivity index (χ0n) is 9.60. The van der Waals surface area contributed by atoms with Crippen molar-refractivity contribution in [1.29, 1.82) is 0 Å². The van der Waals surface area contributed by atoms with Crippen molar-refractivity contribution >= 4 is 23.1 Å². The molecule has 0 bridgehead atoms. The monoisotopic (exact) mass is 247 g/mol. The zero-order chi connectivity index (χ0) is 12.3. The van der Waals surface area contributed by atoms with Crippen LogP contribution in [0.1, 0.15) is 5.56 Å². The van der Waals surface area contributed by atoms with E-state index in [1.54, 1.807) is 6.20 Å². The molecule has 0 saturated heterocycles. The van der Waals surface area contributed by atoms with E-state index in [9.17, 15) is 0 Å². The Morgan fingerprint density at radius 3 is 2.82 bits per heavy atom. The van der Waals surface area contributed by atoms with Crippen molar-refractivity contribution in [2.75, 3.05) is 17.7 Å². The number of hydrogen-bond acceptors (Lipinski definition) is 3. The highest BCUT2D eigenvalue weighted by atomic mass is 35.5. The maximum absolute atomic E-state index is 5.95. The topological polar surface area (TPSA) is 42.2 Å². The number of nitrogen functional groups attached to an aromatic ring is 1. The van der Waals surface area contributed by atoms with Gasteiger partial charge in [-0.1, -0.05) is 23.7 Å². The fourth-order valence-electron chi connectivity index (χ4n) is 1.67. The van der Waals surface area contributed by atoms with Crippen LogP contribution in [0.3, 0.4) is 0 Å². The second-order valence-corrected chi connectivity index (χ2v) is 4.36. The van der Waals surface area contributed by atoms with Gasteiger partial charge >= 0.3 is 0 Å². The number of halogens is 1. The first-order chi connectivity index (χ1) is 8.15. The largest absolute Gasteiger partial charge is 0.384 e. The number of benzene rings is 1. The van der Waals surface area contributed by atoms with Gasteiger partial charge in [0.1, 0.15) is 5.82 Å². The van der Waals surface area contributed by atoms with Crippen molar-refractivity contribution in [1.82, 2.24) is 4.98 Å². The van der Waals surface area contributed by atoms with Gasteiger partial charge in [-0.2, -0.15) is 0 Å². The Balaban J connectivity index is 2.14. The molecule has 0 saturated carbocycles. The number of rotatable bonds is 3. The van der Waals surface area contributed by atoms with Gasteiger partial charge < -0.3 is 10.6 Å². The highest BCUT2D eigenvalue weighted by Crippen LogP contribution is 2.18. The molecule has 2 rings (SSSR count). The Hall–Kier alpha value is -1.74. The van der Waals surface area contributed by atoms with Gasteiger partial charge in [0.05, 0.1) is 0 Å². The minimum atomic E-state index is 0.528. The van der Waals surface area contributed by atoms with Crippen LogP contribution in [0.4, 0.5) is 11.5 Å². The second-order valence-electron chi connectivity index (χ2n) is 3.92. The van der Waals surface area contributed by atoms with E-state index in [-0.39, 0.29) is 0 Å². The minimum absolute atomic E-state index is 0.528. The van der Waals surface area contributed by atoms with E-state index in [2.05, 4.69) is 9.88 Å². The summed E-state index contributed by atoms with van der Waals surface area (Å²) in [5.41, 5.74) is 7.86. The first-order valence-electron chi connectivity index (χ1n) is 5.32. The molecule has 0 aliphatic carbocycles. The lowest BCUT2D eigenvalue weighted by Gasteiger charge is -2.19. The molecule has 1 heterocycles. The molecule has 2 N–H and O–H groups in total. The second kappa shape index (κ2) is 5.06. The van der Waals surface area contributed by atoms with Crippen LogP contribution in [0.15, 0.2) is 42.6 Å². The molecule has 0 unspecified atom stereocenters. The van der Waals surface area contributed by atoms with E-state index in [4.69, 9.17) is 17.3 Å². The predicted octanol–water partition coefficient (Wildman–Crippen LogP) is 2.95. The summed E-state index contributed by atoms with van der Waals surface area (Å²) >= 11 is 5.95. The summed E-state index contributed by atoms with van der Waals surface area (Å²) in [6.45, 7) is 0.782. The third kappa shape index (κ3) is 3.11. The SMILES string of the molecule is CN(Cc1cccc(Cl)c1)c1ccnc(N)c1. The first-order valence-corrected chi connectivity index (χ1v) is 5.70. The van der Waals surface area contributed by atoms with Gasteiger partial charge in [0, 0.05) is 36.6 Å². The predicted molar refractivity (Wildman–Crippen MR) is 72.2 cm³/mol. The van der Waals surface area contributed by atoms with Gasteiger partial charge in [0.25, 0.3) is 0 Å². The van der Waals surface area contributed by atoms with Crippen LogP contribution in [0.25, 0.3) is 0 Å². The summed E-state index contributed by atoms with van der Waals surface area (Å²) < 4.78 is 0. The highest BCUT2D eigenvalue weighted by Gasteiger charge is 2.03. The Morgan fingerprint density at radius 1 is 1.29 bits per heavy atom. The van der Waals surface area contributed by atoms with Crippen molar-refractivity contribution in [2.45, 2.75) is 6.54 Å². The average Bonchev–Trinajstić information content (AvgIpc) is 2.29. The molecule has 0 atom stereocenters. The molecule has 17 heavy (non-hydrogen) atoms. The van der Waals surface area contributed by atoms with Crippen molar-refractivity contribution in [3.63, 3.8) is 0 Å². The fourth-order valence-corrected chi connectivity index (χ4v) is 1.89. The standard InChI is InChI=1S/C13H14ClN3/c1-17(12-5-6-16-13(15)8-12)9-10-3-2-4-11(14)7-10/h2-8H,9H2,1H3,(H2,15,16). The normalized spacial score (nSPS) is 10.2. The van der Waals surface area contributed by atoms with Crippen LogP contribution in [-0.2, 0) is 6.54 Å². The van der Waals surface area contributed by atoms with E-state index < -0.39 is 0 Å². The molecule has 0 amide bonds. The average molecular weight is 248 g/mol. The third-order valence-electron chi connectivity index (χ3n) is 2.51.